The van der Waals surface area contributed by atoms with Gasteiger partial charge >= 0.3 is 0 Å². The summed E-state index contributed by atoms with van der Waals surface area (Å²) in [7, 11) is 0. The first-order valence-electron chi connectivity index (χ1n) is 8.74. The molecule has 0 spiro atoms. The van der Waals surface area contributed by atoms with E-state index in [0.717, 1.165) is 50.9 Å². The van der Waals surface area contributed by atoms with Crippen LogP contribution in [0.25, 0.3) is 11.5 Å². The van der Waals surface area contributed by atoms with Crippen LogP contribution in [0.2, 0.25) is 0 Å². The van der Waals surface area contributed by atoms with Crippen LogP contribution in [-0.4, -0.2) is 46.8 Å². The fourth-order valence-corrected chi connectivity index (χ4v) is 3.14. The van der Waals surface area contributed by atoms with Crippen LogP contribution in [0.3, 0.4) is 0 Å². The molecule has 2 aromatic rings. The Morgan fingerprint density at radius 1 is 1.36 bits per heavy atom. The molecule has 1 saturated heterocycles. The Morgan fingerprint density at radius 2 is 2.16 bits per heavy atom. The molecule has 134 valence electrons. The van der Waals surface area contributed by atoms with Crippen molar-refractivity contribution in [1.29, 1.82) is 0 Å². The van der Waals surface area contributed by atoms with E-state index >= 15 is 0 Å². The number of H-pyrrole nitrogens is 1. The highest BCUT2D eigenvalue weighted by atomic mass is 32.1. The number of likely N-dealkylation sites (tertiary alicyclic amines) is 1. The van der Waals surface area contributed by atoms with Crippen LogP contribution >= 0.6 is 12.2 Å². The molecule has 3 rings (SSSR count). The molecular formula is C18H23N3O3S. The smallest absolute Gasteiger partial charge is 0.284 e. The maximum atomic E-state index is 12.7. The Bertz CT molecular complexity index is 753. The molecule has 1 aliphatic rings. The molecule has 0 aliphatic carbocycles. The molecule has 0 saturated carbocycles. The monoisotopic (exact) mass is 361 g/mol. The first-order chi connectivity index (χ1) is 12.2. The lowest BCUT2D eigenvalue weighted by molar-refractivity contribution is 0.0432. The molecule has 2 heterocycles. The predicted octanol–water partition coefficient (Wildman–Crippen LogP) is 3.82. The van der Waals surface area contributed by atoms with E-state index in [9.17, 15) is 4.79 Å². The number of nitrogens with zero attached hydrogens (tertiary/aromatic N) is 2. The lowest BCUT2D eigenvalue weighted by Crippen LogP contribution is -2.32. The lowest BCUT2D eigenvalue weighted by Gasteiger charge is -2.21. The average molecular weight is 361 g/mol. The Hall–Kier alpha value is -1.99. The van der Waals surface area contributed by atoms with E-state index in [1.807, 2.05) is 17.0 Å². The number of hydrogen-bond donors (Lipinski definition) is 1. The van der Waals surface area contributed by atoms with Gasteiger partial charge in [0.25, 0.3) is 10.7 Å². The summed E-state index contributed by atoms with van der Waals surface area (Å²) >= 11 is 4.88. The molecule has 1 aliphatic heterocycles. The highest BCUT2D eigenvalue weighted by Crippen LogP contribution is 2.20. The van der Waals surface area contributed by atoms with E-state index in [-0.39, 0.29) is 16.8 Å². The Balaban J connectivity index is 1.63. The number of benzene rings is 1. The summed E-state index contributed by atoms with van der Waals surface area (Å²) in [5.74, 6) is 0.486. The number of carbonyl (C=O) groups is 1. The predicted molar refractivity (Wildman–Crippen MR) is 96.9 cm³/mol. The van der Waals surface area contributed by atoms with Gasteiger partial charge in [-0.3, -0.25) is 4.79 Å². The van der Waals surface area contributed by atoms with Crippen LogP contribution in [0, 0.1) is 4.84 Å². The van der Waals surface area contributed by atoms with Crippen LogP contribution in [0.5, 0.6) is 0 Å². The number of aromatic amines is 1. The van der Waals surface area contributed by atoms with Crippen LogP contribution in [-0.2, 0) is 4.74 Å². The maximum Gasteiger partial charge on any atom is 0.284 e. The van der Waals surface area contributed by atoms with Crippen molar-refractivity contribution in [2.24, 2.45) is 0 Å². The largest absolute Gasteiger partial charge is 0.409 e. The minimum absolute atomic E-state index is 0.0608. The number of carbonyl (C=O) groups excluding carboxylic acids is 1. The standard InChI is InChI=1S/C18H23N3O3S/c1-2-12-23-15-4-3-10-21(11-9-15)17(22)14-7-5-13(6-8-14)16-19-20-18(25)24-16/h5-8,15H,2-4,9-12H2,1H3,(H,20,25)/t15-/m0/s1. The fourth-order valence-electron chi connectivity index (χ4n) is 3.01. The zero-order chi connectivity index (χ0) is 17.6. The Kier molecular flexibility index (Phi) is 5.99. The molecule has 25 heavy (non-hydrogen) atoms. The summed E-state index contributed by atoms with van der Waals surface area (Å²) in [6, 6.07) is 7.26. The van der Waals surface area contributed by atoms with Gasteiger partial charge in [0.05, 0.1) is 6.10 Å². The number of amides is 1. The van der Waals surface area contributed by atoms with Crippen molar-refractivity contribution in [3.63, 3.8) is 0 Å². The topological polar surface area (TPSA) is 71.4 Å². The zero-order valence-electron chi connectivity index (χ0n) is 14.4. The molecule has 7 heteroatoms. The summed E-state index contributed by atoms with van der Waals surface area (Å²) < 4.78 is 11.1. The minimum atomic E-state index is 0.0608. The number of ether oxygens (including phenoxy) is 1. The minimum Gasteiger partial charge on any atom is -0.409 e. The van der Waals surface area contributed by atoms with Crippen molar-refractivity contribution in [3.05, 3.63) is 34.7 Å². The van der Waals surface area contributed by atoms with Gasteiger partial charge in [-0.05, 0) is 62.2 Å². The normalized spacial score (nSPS) is 18.1. The molecule has 1 amide bonds. The summed E-state index contributed by atoms with van der Waals surface area (Å²) in [5, 5.41) is 6.58. The van der Waals surface area contributed by atoms with Crippen LogP contribution in [0.4, 0.5) is 0 Å². The van der Waals surface area contributed by atoms with Crippen molar-refractivity contribution >= 4 is 18.1 Å². The molecule has 0 unspecified atom stereocenters. The second-order valence-corrected chi connectivity index (χ2v) is 6.58. The third-order valence-corrected chi connectivity index (χ3v) is 4.51. The molecule has 1 aromatic carbocycles. The molecule has 0 bridgehead atoms. The number of nitrogens with one attached hydrogen (secondary N) is 1. The lowest BCUT2D eigenvalue weighted by atomic mass is 10.1. The zero-order valence-corrected chi connectivity index (χ0v) is 15.2. The quantitative estimate of drug-likeness (QED) is 0.820. The molecule has 1 N–H and O–H groups in total. The van der Waals surface area contributed by atoms with Crippen molar-refractivity contribution in [3.8, 4) is 11.5 Å². The maximum absolute atomic E-state index is 12.7. The molecule has 1 aromatic heterocycles. The van der Waals surface area contributed by atoms with Crippen LogP contribution < -0.4 is 0 Å². The van der Waals surface area contributed by atoms with E-state index in [0.29, 0.717) is 11.5 Å². The van der Waals surface area contributed by atoms with E-state index in [1.54, 1.807) is 12.1 Å². The van der Waals surface area contributed by atoms with E-state index in [4.69, 9.17) is 21.4 Å². The van der Waals surface area contributed by atoms with E-state index < -0.39 is 0 Å². The fraction of sp³-hybridized carbons (Fsp3) is 0.500. The first kappa shape index (κ1) is 17.8. The van der Waals surface area contributed by atoms with Gasteiger partial charge in [0.2, 0.25) is 5.89 Å². The summed E-state index contributed by atoms with van der Waals surface area (Å²) in [5.41, 5.74) is 1.46. The molecule has 0 radical (unpaired) electrons. The van der Waals surface area contributed by atoms with Crippen molar-refractivity contribution < 1.29 is 13.9 Å². The highest BCUT2D eigenvalue weighted by molar-refractivity contribution is 7.71. The second-order valence-electron chi connectivity index (χ2n) is 6.21. The number of hydrogen-bond acceptors (Lipinski definition) is 5. The third-order valence-electron chi connectivity index (χ3n) is 4.34. The van der Waals surface area contributed by atoms with Crippen molar-refractivity contribution in [1.82, 2.24) is 15.1 Å². The third kappa shape index (κ3) is 4.55. The van der Waals surface area contributed by atoms with Gasteiger partial charge in [-0.2, -0.15) is 0 Å². The van der Waals surface area contributed by atoms with Gasteiger partial charge in [0, 0.05) is 30.8 Å². The molecular weight excluding hydrogens is 338 g/mol. The van der Waals surface area contributed by atoms with Gasteiger partial charge in [-0.15, -0.1) is 5.10 Å². The molecule has 1 fully saturated rings. The van der Waals surface area contributed by atoms with Crippen LogP contribution in [0.15, 0.2) is 28.7 Å². The van der Waals surface area contributed by atoms with Crippen molar-refractivity contribution in [2.45, 2.75) is 38.7 Å². The number of rotatable bonds is 5. The average Bonchev–Trinajstić information content (AvgIpc) is 2.93. The van der Waals surface area contributed by atoms with Gasteiger partial charge in [0.15, 0.2) is 0 Å². The first-order valence-corrected chi connectivity index (χ1v) is 9.15. The van der Waals surface area contributed by atoms with Crippen LogP contribution in [0.1, 0.15) is 43.0 Å². The Morgan fingerprint density at radius 3 is 2.84 bits per heavy atom. The van der Waals surface area contributed by atoms with Crippen molar-refractivity contribution in [2.75, 3.05) is 19.7 Å². The van der Waals surface area contributed by atoms with Gasteiger partial charge in [-0.1, -0.05) is 6.92 Å². The molecule has 6 nitrogen and oxygen atoms in total. The molecule has 1 atom stereocenters. The van der Waals surface area contributed by atoms with Gasteiger partial charge < -0.3 is 14.1 Å². The number of aromatic nitrogens is 2. The summed E-state index contributed by atoms with van der Waals surface area (Å²) in [6.45, 7) is 4.43. The van der Waals surface area contributed by atoms with Gasteiger partial charge in [-0.25, -0.2) is 5.10 Å². The van der Waals surface area contributed by atoms with Gasteiger partial charge in [0.1, 0.15) is 0 Å². The van der Waals surface area contributed by atoms with E-state index in [2.05, 4.69) is 17.1 Å². The SMILES string of the molecule is CCCO[C@H]1CCCN(C(=O)c2ccc(-c3n[nH]c(=S)o3)cc2)CC1. The second kappa shape index (κ2) is 8.40. The summed E-state index contributed by atoms with van der Waals surface area (Å²) in [4.78, 5) is 14.9. The Labute approximate surface area is 152 Å². The van der Waals surface area contributed by atoms with E-state index in [1.165, 1.54) is 0 Å². The highest BCUT2D eigenvalue weighted by Gasteiger charge is 2.22. The summed E-state index contributed by atoms with van der Waals surface area (Å²) in [6.07, 6.45) is 4.20.